The van der Waals surface area contributed by atoms with E-state index in [1.54, 1.807) is 19.2 Å². The molecule has 1 saturated heterocycles. The van der Waals surface area contributed by atoms with Gasteiger partial charge in [-0.15, -0.1) is 24.0 Å². The smallest absolute Gasteiger partial charge is 0.191 e. The molecule has 20 heavy (non-hydrogen) atoms. The lowest BCUT2D eigenvalue weighted by Gasteiger charge is -2.38. The molecule has 0 amide bonds. The van der Waals surface area contributed by atoms with Crippen LogP contribution >= 0.6 is 24.0 Å². The number of guanidine groups is 1. The largest absolute Gasteiger partial charge is 0.380 e. The maximum Gasteiger partial charge on any atom is 0.191 e. The molecule has 6 heteroatoms. The van der Waals surface area contributed by atoms with Gasteiger partial charge < -0.3 is 15.4 Å². The van der Waals surface area contributed by atoms with Crippen molar-refractivity contribution in [1.82, 2.24) is 10.6 Å². The fourth-order valence-electron chi connectivity index (χ4n) is 1.89. The molecule has 0 unspecified atom stereocenters. The van der Waals surface area contributed by atoms with E-state index < -0.39 is 0 Å². The van der Waals surface area contributed by atoms with Gasteiger partial charge in [-0.25, -0.2) is 4.39 Å². The second-order valence-electron chi connectivity index (χ2n) is 5.17. The van der Waals surface area contributed by atoms with Crippen LogP contribution in [-0.2, 0) is 11.3 Å². The van der Waals surface area contributed by atoms with Crippen LogP contribution in [0.25, 0.3) is 0 Å². The second kappa shape index (κ2) is 7.78. The van der Waals surface area contributed by atoms with E-state index in [1.807, 2.05) is 6.07 Å². The quantitative estimate of drug-likeness (QED) is 0.468. The van der Waals surface area contributed by atoms with E-state index in [4.69, 9.17) is 4.74 Å². The van der Waals surface area contributed by atoms with E-state index in [9.17, 15) is 4.39 Å². The van der Waals surface area contributed by atoms with Crippen molar-refractivity contribution in [2.75, 3.05) is 26.8 Å². The van der Waals surface area contributed by atoms with Crippen LogP contribution in [0.4, 0.5) is 4.39 Å². The number of nitrogens with zero attached hydrogens (tertiary/aromatic N) is 1. The molecule has 2 N–H and O–H groups in total. The summed E-state index contributed by atoms with van der Waals surface area (Å²) in [6, 6.07) is 6.73. The van der Waals surface area contributed by atoms with Gasteiger partial charge in [-0.05, 0) is 6.07 Å². The van der Waals surface area contributed by atoms with Crippen molar-refractivity contribution in [2.45, 2.75) is 13.5 Å². The fraction of sp³-hybridized carbons (Fsp3) is 0.500. The summed E-state index contributed by atoms with van der Waals surface area (Å²) in [5.74, 6) is 0.473. The lowest BCUT2D eigenvalue weighted by Crippen LogP contribution is -2.50. The maximum atomic E-state index is 13.5. The Bertz CT molecular complexity index is 463. The van der Waals surface area contributed by atoms with Crippen LogP contribution in [0.5, 0.6) is 0 Å². The van der Waals surface area contributed by atoms with Gasteiger partial charge in [0.15, 0.2) is 5.96 Å². The third-order valence-electron chi connectivity index (χ3n) is 3.21. The molecule has 112 valence electrons. The molecule has 0 atom stereocenters. The predicted octanol–water partition coefficient (Wildman–Crippen LogP) is 2.15. The Morgan fingerprint density at radius 2 is 2.05 bits per heavy atom. The summed E-state index contributed by atoms with van der Waals surface area (Å²) in [7, 11) is 1.70. The van der Waals surface area contributed by atoms with Gasteiger partial charge in [-0.3, -0.25) is 4.99 Å². The van der Waals surface area contributed by atoms with Gasteiger partial charge in [0.05, 0.1) is 13.2 Å². The Labute approximate surface area is 136 Å². The van der Waals surface area contributed by atoms with Gasteiger partial charge >= 0.3 is 0 Å². The van der Waals surface area contributed by atoms with E-state index in [-0.39, 0.29) is 35.2 Å². The molecule has 0 aliphatic carbocycles. The summed E-state index contributed by atoms with van der Waals surface area (Å²) in [6.07, 6.45) is 0. The minimum Gasteiger partial charge on any atom is -0.380 e. The van der Waals surface area contributed by atoms with Crippen molar-refractivity contribution < 1.29 is 9.13 Å². The Morgan fingerprint density at radius 3 is 2.60 bits per heavy atom. The van der Waals surface area contributed by atoms with Crippen LogP contribution in [0.2, 0.25) is 0 Å². The standard InChI is InChI=1S/C14H20FN3O.HI/c1-14(9-19-10-14)8-18-13(16-2)17-7-11-5-3-4-6-12(11)15;/h3-6H,7-10H2,1-2H3,(H2,16,17,18);1H. The van der Waals surface area contributed by atoms with Crippen molar-refractivity contribution in [2.24, 2.45) is 10.4 Å². The number of halogens is 2. The van der Waals surface area contributed by atoms with Gasteiger partial charge in [0.2, 0.25) is 0 Å². The molecule has 1 aliphatic heterocycles. The average molecular weight is 393 g/mol. The van der Waals surface area contributed by atoms with Crippen molar-refractivity contribution in [1.29, 1.82) is 0 Å². The Balaban J connectivity index is 0.00000200. The highest BCUT2D eigenvalue weighted by Gasteiger charge is 2.33. The molecule has 0 saturated carbocycles. The van der Waals surface area contributed by atoms with Crippen LogP contribution in [0, 0.1) is 11.2 Å². The molecule has 1 aliphatic rings. The minimum absolute atomic E-state index is 0. The molecule has 1 fully saturated rings. The first-order chi connectivity index (χ1) is 9.13. The zero-order chi connectivity index (χ0) is 13.7. The van der Waals surface area contributed by atoms with Gasteiger partial charge in [0, 0.05) is 31.1 Å². The molecular formula is C14H21FIN3O. The monoisotopic (exact) mass is 393 g/mol. The van der Waals surface area contributed by atoms with Crippen LogP contribution in [0.15, 0.2) is 29.3 Å². The maximum absolute atomic E-state index is 13.5. The number of rotatable bonds is 4. The van der Waals surface area contributed by atoms with E-state index in [0.29, 0.717) is 18.1 Å². The van der Waals surface area contributed by atoms with Gasteiger partial charge in [0.25, 0.3) is 0 Å². The molecule has 1 heterocycles. The summed E-state index contributed by atoms with van der Waals surface area (Å²) in [4.78, 5) is 4.13. The van der Waals surface area contributed by atoms with Crippen LogP contribution < -0.4 is 10.6 Å². The van der Waals surface area contributed by atoms with Crippen LogP contribution in [-0.4, -0.2) is 32.8 Å². The Morgan fingerprint density at radius 1 is 1.35 bits per heavy atom. The van der Waals surface area contributed by atoms with Crippen LogP contribution in [0.3, 0.4) is 0 Å². The van der Waals surface area contributed by atoms with E-state index >= 15 is 0 Å². The van der Waals surface area contributed by atoms with Gasteiger partial charge in [-0.1, -0.05) is 25.1 Å². The molecule has 0 radical (unpaired) electrons. The summed E-state index contributed by atoms with van der Waals surface area (Å²) in [5, 5.41) is 6.34. The Kier molecular flexibility index (Phi) is 6.67. The average Bonchev–Trinajstić information content (AvgIpc) is 2.38. The van der Waals surface area contributed by atoms with Crippen molar-refractivity contribution in [3.63, 3.8) is 0 Å². The second-order valence-corrected chi connectivity index (χ2v) is 5.17. The number of benzene rings is 1. The van der Waals surface area contributed by atoms with E-state index in [1.165, 1.54) is 6.07 Å². The number of aliphatic imine (C=N–C) groups is 1. The highest BCUT2D eigenvalue weighted by atomic mass is 127. The summed E-state index contributed by atoms with van der Waals surface area (Å²) in [6.45, 7) is 4.91. The zero-order valence-electron chi connectivity index (χ0n) is 11.8. The molecule has 0 spiro atoms. The lowest BCUT2D eigenvalue weighted by molar-refractivity contribution is -0.0971. The Hall–Kier alpha value is -0.890. The van der Waals surface area contributed by atoms with Crippen LogP contribution in [0.1, 0.15) is 12.5 Å². The summed E-state index contributed by atoms with van der Waals surface area (Å²) >= 11 is 0. The van der Waals surface area contributed by atoms with Gasteiger partial charge in [-0.2, -0.15) is 0 Å². The highest BCUT2D eigenvalue weighted by Crippen LogP contribution is 2.24. The first-order valence-corrected chi connectivity index (χ1v) is 6.39. The number of hydrogen-bond donors (Lipinski definition) is 2. The number of ether oxygens (including phenoxy) is 1. The molecule has 4 nitrogen and oxygen atoms in total. The SMILES string of the molecule is CN=C(NCc1ccccc1F)NCC1(C)COC1.I. The first kappa shape index (κ1) is 17.2. The molecule has 0 aromatic heterocycles. The van der Waals surface area contributed by atoms with E-state index in [2.05, 4.69) is 22.5 Å². The molecular weight excluding hydrogens is 372 g/mol. The highest BCUT2D eigenvalue weighted by molar-refractivity contribution is 14.0. The van der Waals surface area contributed by atoms with Crippen molar-refractivity contribution >= 4 is 29.9 Å². The normalized spacial score (nSPS) is 16.9. The van der Waals surface area contributed by atoms with Crippen molar-refractivity contribution in [3.05, 3.63) is 35.6 Å². The molecule has 2 rings (SSSR count). The predicted molar refractivity (Wildman–Crippen MR) is 88.9 cm³/mol. The first-order valence-electron chi connectivity index (χ1n) is 6.39. The number of nitrogens with one attached hydrogen (secondary N) is 2. The number of hydrogen-bond acceptors (Lipinski definition) is 2. The zero-order valence-corrected chi connectivity index (χ0v) is 14.1. The summed E-state index contributed by atoms with van der Waals surface area (Å²) < 4.78 is 18.7. The molecule has 0 bridgehead atoms. The third-order valence-corrected chi connectivity index (χ3v) is 3.21. The fourth-order valence-corrected chi connectivity index (χ4v) is 1.89. The lowest BCUT2D eigenvalue weighted by atomic mass is 9.89. The third kappa shape index (κ3) is 4.59. The minimum atomic E-state index is -0.204. The molecule has 1 aromatic rings. The topological polar surface area (TPSA) is 45.7 Å². The van der Waals surface area contributed by atoms with Gasteiger partial charge in [0.1, 0.15) is 5.82 Å². The summed E-state index contributed by atoms with van der Waals surface area (Å²) in [5.41, 5.74) is 0.805. The van der Waals surface area contributed by atoms with Crippen molar-refractivity contribution in [3.8, 4) is 0 Å². The van der Waals surface area contributed by atoms with E-state index in [0.717, 1.165) is 19.8 Å². The molecule has 1 aromatic carbocycles.